The van der Waals surface area contributed by atoms with Crippen LogP contribution in [-0.2, 0) is 0 Å². The fraction of sp³-hybridized carbons (Fsp3) is 0.333. The van der Waals surface area contributed by atoms with Crippen LogP contribution in [0, 0.1) is 5.82 Å². The second-order valence-electron chi connectivity index (χ2n) is 3.15. The maximum atomic E-state index is 12.9. The molecule has 0 saturated carbocycles. The molecule has 2 rings (SSSR count). The molecule has 1 atom stereocenters. The summed E-state index contributed by atoms with van der Waals surface area (Å²) in [6.45, 7) is 0.525. The van der Waals surface area contributed by atoms with Crippen molar-refractivity contribution in [3.63, 3.8) is 0 Å². The molecule has 0 radical (unpaired) electrons. The minimum Gasteiger partial charge on any atom is -0.493 e. The topological polar surface area (TPSA) is 61.3 Å². The monoisotopic (exact) mass is 182 g/mol. The number of benzene rings is 1. The van der Waals surface area contributed by atoms with Gasteiger partial charge in [0.2, 0.25) is 0 Å². The minimum atomic E-state index is -0.384. The van der Waals surface area contributed by atoms with Gasteiger partial charge in [0.05, 0.1) is 6.61 Å². The van der Waals surface area contributed by atoms with Gasteiger partial charge in [0, 0.05) is 29.8 Å². The zero-order valence-corrected chi connectivity index (χ0v) is 7.09. The summed E-state index contributed by atoms with van der Waals surface area (Å²) in [5.74, 6) is 0.0987. The third kappa shape index (κ3) is 1.33. The highest BCUT2D eigenvalue weighted by Crippen LogP contribution is 2.35. The lowest BCUT2D eigenvalue weighted by atomic mass is 9.99. The summed E-state index contributed by atoms with van der Waals surface area (Å²) < 4.78 is 18.1. The second-order valence-corrected chi connectivity index (χ2v) is 3.15. The molecule has 4 N–H and O–H groups in total. The number of nitrogen functional groups attached to an aromatic ring is 1. The minimum absolute atomic E-state index is 0.135. The molecule has 0 unspecified atom stereocenters. The first-order valence-corrected chi connectivity index (χ1v) is 4.16. The van der Waals surface area contributed by atoms with Gasteiger partial charge in [-0.2, -0.15) is 0 Å². The van der Waals surface area contributed by atoms with E-state index in [0.29, 0.717) is 18.0 Å². The van der Waals surface area contributed by atoms with Gasteiger partial charge in [0.15, 0.2) is 0 Å². The van der Waals surface area contributed by atoms with E-state index in [2.05, 4.69) is 0 Å². The molecule has 0 spiro atoms. The Bertz CT molecular complexity index is 341. The molecule has 0 amide bonds. The summed E-state index contributed by atoms with van der Waals surface area (Å²) in [5.41, 5.74) is 12.6. The summed E-state index contributed by atoms with van der Waals surface area (Å²) >= 11 is 0. The van der Waals surface area contributed by atoms with Gasteiger partial charge in [-0.05, 0) is 6.07 Å². The van der Waals surface area contributed by atoms with Crippen molar-refractivity contribution in [2.75, 3.05) is 12.3 Å². The van der Waals surface area contributed by atoms with Gasteiger partial charge in [-0.3, -0.25) is 0 Å². The molecule has 3 nitrogen and oxygen atoms in total. The Morgan fingerprint density at radius 3 is 3.00 bits per heavy atom. The maximum absolute atomic E-state index is 12.9. The summed E-state index contributed by atoms with van der Waals surface area (Å²) in [7, 11) is 0. The van der Waals surface area contributed by atoms with Crippen LogP contribution >= 0.6 is 0 Å². The first-order chi connectivity index (χ1) is 6.18. The molecule has 0 saturated heterocycles. The molecule has 0 fully saturated rings. The molecule has 1 aromatic carbocycles. The fourth-order valence-electron chi connectivity index (χ4n) is 1.57. The number of nitrogens with two attached hydrogens (primary N) is 2. The van der Waals surface area contributed by atoms with Gasteiger partial charge in [-0.1, -0.05) is 0 Å². The van der Waals surface area contributed by atoms with E-state index < -0.39 is 0 Å². The Hall–Kier alpha value is -1.29. The summed E-state index contributed by atoms with van der Waals surface area (Å²) in [5, 5.41) is 0. The van der Waals surface area contributed by atoms with Crippen molar-refractivity contribution in [2.45, 2.75) is 12.5 Å². The Kier molecular flexibility index (Phi) is 1.84. The van der Waals surface area contributed by atoms with E-state index in [0.717, 1.165) is 12.0 Å². The molecule has 1 heterocycles. The molecule has 13 heavy (non-hydrogen) atoms. The number of hydrogen-bond donors (Lipinski definition) is 2. The van der Waals surface area contributed by atoms with Gasteiger partial charge >= 0.3 is 0 Å². The average molecular weight is 182 g/mol. The number of hydrogen-bond acceptors (Lipinski definition) is 3. The lowest BCUT2D eigenvalue weighted by Crippen LogP contribution is -2.22. The Morgan fingerprint density at radius 2 is 2.23 bits per heavy atom. The van der Waals surface area contributed by atoms with Crippen LogP contribution in [-0.4, -0.2) is 6.61 Å². The highest BCUT2D eigenvalue weighted by molar-refractivity contribution is 5.56. The second kappa shape index (κ2) is 2.88. The predicted molar refractivity (Wildman–Crippen MR) is 47.9 cm³/mol. The normalized spacial score (nSPS) is 20.6. The largest absolute Gasteiger partial charge is 0.493 e. The first kappa shape index (κ1) is 8.31. The van der Waals surface area contributed by atoms with Crippen molar-refractivity contribution in [3.05, 3.63) is 23.5 Å². The number of rotatable bonds is 0. The summed E-state index contributed by atoms with van der Waals surface area (Å²) in [4.78, 5) is 0. The van der Waals surface area contributed by atoms with Crippen LogP contribution in [0.3, 0.4) is 0 Å². The van der Waals surface area contributed by atoms with E-state index in [1.54, 1.807) is 0 Å². The number of fused-ring (bicyclic) bond motifs is 1. The smallest absolute Gasteiger partial charge is 0.129 e. The number of ether oxygens (including phenoxy) is 1. The average Bonchev–Trinajstić information content (AvgIpc) is 2.02. The van der Waals surface area contributed by atoms with E-state index in [9.17, 15) is 4.39 Å². The summed E-state index contributed by atoms with van der Waals surface area (Å²) in [6, 6.07) is 2.46. The van der Waals surface area contributed by atoms with E-state index in [1.807, 2.05) is 0 Å². The van der Waals surface area contributed by atoms with Gasteiger partial charge < -0.3 is 16.2 Å². The third-order valence-electron chi connectivity index (χ3n) is 2.20. The predicted octanol–water partition coefficient (Wildman–Crippen LogP) is 1.19. The zero-order chi connectivity index (χ0) is 9.42. The Morgan fingerprint density at radius 1 is 1.46 bits per heavy atom. The van der Waals surface area contributed by atoms with Crippen molar-refractivity contribution in [2.24, 2.45) is 5.73 Å². The van der Waals surface area contributed by atoms with Crippen LogP contribution < -0.4 is 16.2 Å². The van der Waals surface area contributed by atoms with Crippen LogP contribution in [0.5, 0.6) is 5.75 Å². The highest BCUT2D eigenvalue weighted by atomic mass is 19.1. The molecular weight excluding hydrogens is 171 g/mol. The standard InChI is InChI=1S/C9H11FN2O/c10-5-3-7(12)9-6(11)1-2-13-8(9)4-5/h3-4,6H,1-2,11-12H2/t6-/m0/s1. The molecule has 0 aliphatic carbocycles. The molecular formula is C9H11FN2O. The molecule has 4 heteroatoms. The van der Waals surface area contributed by atoms with Gasteiger partial charge in [-0.25, -0.2) is 4.39 Å². The van der Waals surface area contributed by atoms with Crippen molar-refractivity contribution in [3.8, 4) is 5.75 Å². The van der Waals surface area contributed by atoms with Crippen LogP contribution in [0.1, 0.15) is 18.0 Å². The van der Waals surface area contributed by atoms with Crippen molar-refractivity contribution >= 4 is 5.69 Å². The first-order valence-electron chi connectivity index (χ1n) is 4.16. The number of anilines is 1. The van der Waals surface area contributed by atoms with Gasteiger partial charge in [0.1, 0.15) is 11.6 Å². The van der Waals surface area contributed by atoms with Crippen molar-refractivity contribution < 1.29 is 9.13 Å². The van der Waals surface area contributed by atoms with Gasteiger partial charge in [-0.15, -0.1) is 0 Å². The van der Waals surface area contributed by atoms with E-state index >= 15 is 0 Å². The lowest BCUT2D eigenvalue weighted by molar-refractivity contribution is 0.268. The van der Waals surface area contributed by atoms with Gasteiger partial charge in [0.25, 0.3) is 0 Å². The van der Waals surface area contributed by atoms with Crippen molar-refractivity contribution in [1.29, 1.82) is 0 Å². The Balaban J connectivity index is 2.56. The molecule has 70 valence electrons. The number of halogens is 1. The molecule has 1 aromatic rings. The third-order valence-corrected chi connectivity index (χ3v) is 2.20. The lowest BCUT2D eigenvalue weighted by Gasteiger charge is -2.24. The molecule has 0 bridgehead atoms. The quantitative estimate of drug-likeness (QED) is 0.592. The SMILES string of the molecule is Nc1cc(F)cc2c1[C@@H](N)CCO2. The molecule has 1 aliphatic heterocycles. The van der Waals surface area contributed by atoms with Crippen LogP contribution in [0.25, 0.3) is 0 Å². The molecule has 1 aliphatic rings. The Labute approximate surface area is 75.5 Å². The van der Waals surface area contributed by atoms with Crippen LogP contribution in [0.2, 0.25) is 0 Å². The fourth-order valence-corrected chi connectivity index (χ4v) is 1.57. The molecule has 0 aromatic heterocycles. The van der Waals surface area contributed by atoms with Crippen molar-refractivity contribution in [1.82, 2.24) is 0 Å². The zero-order valence-electron chi connectivity index (χ0n) is 7.09. The van der Waals surface area contributed by atoms with E-state index in [-0.39, 0.29) is 11.9 Å². The van der Waals surface area contributed by atoms with Crippen LogP contribution in [0.15, 0.2) is 12.1 Å². The highest BCUT2D eigenvalue weighted by Gasteiger charge is 2.21. The summed E-state index contributed by atoms with van der Waals surface area (Å²) in [6.07, 6.45) is 0.725. The van der Waals surface area contributed by atoms with E-state index in [1.165, 1.54) is 12.1 Å². The van der Waals surface area contributed by atoms with Crippen LogP contribution in [0.4, 0.5) is 10.1 Å². The van der Waals surface area contributed by atoms with E-state index in [4.69, 9.17) is 16.2 Å². The maximum Gasteiger partial charge on any atom is 0.129 e.